The summed E-state index contributed by atoms with van der Waals surface area (Å²) in [4.78, 5) is 11.8. The van der Waals surface area contributed by atoms with Gasteiger partial charge in [0.05, 0.1) is 12.5 Å². The van der Waals surface area contributed by atoms with Crippen molar-refractivity contribution in [3.05, 3.63) is 28.8 Å². The van der Waals surface area contributed by atoms with E-state index in [0.29, 0.717) is 18.1 Å². The van der Waals surface area contributed by atoms with E-state index in [2.05, 4.69) is 20.8 Å². The van der Waals surface area contributed by atoms with Crippen molar-refractivity contribution < 1.29 is 9.53 Å². The molecule has 0 unspecified atom stereocenters. The number of Topliss-reactive ketones (excluding diaryl/α,β-unsaturated/α-hetero) is 1. The van der Waals surface area contributed by atoms with Crippen LogP contribution in [0, 0.1) is 6.92 Å². The molecule has 1 rings (SSSR count). The summed E-state index contributed by atoms with van der Waals surface area (Å²) in [5, 5.41) is 0. The van der Waals surface area contributed by atoms with Gasteiger partial charge in [0, 0.05) is 5.56 Å². The molecule has 100 valence electrons. The number of carbonyl (C=O) groups is 1. The maximum absolute atomic E-state index is 11.8. The standard InChI is InChI=1S/C15H21ClO2/c1-5-6-18-15-7-11(4)13(14(17)9-16)8-12(15)10(2)3/h7-8,10H,5-6,9H2,1-4H3. The molecule has 0 amide bonds. The predicted octanol–water partition coefficient (Wildman–Crippen LogP) is 4.33. The summed E-state index contributed by atoms with van der Waals surface area (Å²) < 4.78 is 5.75. The van der Waals surface area contributed by atoms with Gasteiger partial charge in [-0.3, -0.25) is 4.79 Å². The van der Waals surface area contributed by atoms with E-state index in [1.54, 1.807) is 0 Å². The Morgan fingerprint density at radius 3 is 2.56 bits per heavy atom. The van der Waals surface area contributed by atoms with Gasteiger partial charge in [-0.2, -0.15) is 0 Å². The van der Waals surface area contributed by atoms with Crippen LogP contribution in [0.2, 0.25) is 0 Å². The third-order valence-electron chi connectivity index (χ3n) is 2.86. The molecule has 0 bridgehead atoms. The minimum atomic E-state index is -0.0295. The van der Waals surface area contributed by atoms with Crippen LogP contribution in [0.5, 0.6) is 5.75 Å². The van der Waals surface area contributed by atoms with Crippen LogP contribution in [0.4, 0.5) is 0 Å². The topological polar surface area (TPSA) is 26.3 Å². The Balaban J connectivity index is 3.20. The Morgan fingerprint density at radius 2 is 2.06 bits per heavy atom. The van der Waals surface area contributed by atoms with Gasteiger partial charge in [-0.05, 0) is 42.5 Å². The Labute approximate surface area is 114 Å². The number of halogens is 1. The summed E-state index contributed by atoms with van der Waals surface area (Å²) >= 11 is 5.63. The number of aryl methyl sites for hydroxylation is 1. The highest BCUT2D eigenvalue weighted by atomic mass is 35.5. The molecule has 2 nitrogen and oxygen atoms in total. The Kier molecular flexibility index (Phi) is 5.67. The van der Waals surface area contributed by atoms with Crippen LogP contribution in [0.15, 0.2) is 12.1 Å². The van der Waals surface area contributed by atoms with Crippen molar-refractivity contribution in [3.63, 3.8) is 0 Å². The fourth-order valence-electron chi connectivity index (χ4n) is 1.86. The van der Waals surface area contributed by atoms with E-state index in [1.165, 1.54) is 0 Å². The van der Waals surface area contributed by atoms with Gasteiger partial charge in [-0.25, -0.2) is 0 Å². The minimum absolute atomic E-state index is 0.0214. The Hall–Kier alpha value is -1.02. The van der Waals surface area contributed by atoms with Crippen molar-refractivity contribution in [2.75, 3.05) is 12.5 Å². The van der Waals surface area contributed by atoms with E-state index in [9.17, 15) is 4.79 Å². The van der Waals surface area contributed by atoms with Gasteiger partial charge in [0.2, 0.25) is 0 Å². The van der Waals surface area contributed by atoms with Crippen LogP contribution in [0.1, 0.15) is 54.6 Å². The van der Waals surface area contributed by atoms with Crippen LogP contribution >= 0.6 is 11.6 Å². The Morgan fingerprint density at radius 1 is 1.39 bits per heavy atom. The van der Waals surface area contributed by atoms with E-state index < -0.39 is 0 Å². The molecule has 3 heteroatoms. The molecule has 0 radical (unpaired) electrons. The third kappa shape index (κ3) is 3.49. The van der Waals surface area contributed by atoms with Crippen LogP contribution in [0.3, 0.4) is 0 Å². The highest BCUT2D eigenvalue weighted by molar-refractivity contribution is 6.30. The molecular formula is C15H21ClO2. The molecule has 0 aromatic heterocycles. The first kappa shape index (κ1) is 15.0. The molecule has 0 aliphatic rings. The smallest absolute Gasteiger partial charge is 0.177 e. The van der Waals surface area contributed by atoms with E-state index >= 15 is 0 Å². The highest BCUT2D eigenvalue weighted by Gasteiger charge is 2.15. The summed E-state index contributed by atoms with van der Waals surface area (Å²) in [6.07, 6.45) is 0.971. The van der Waals surface area contributed by atoms with Crippen molar-refractivity contribution in [1.29, 1.82) is 0 Å². The average molecular weight is 269 g/mol. The van der Waals surface area contributed by atoms with Crippen LogP contribution < -0.4 is 4.74 Å². The predicted molar refractivity (Wildman–Crippen MR) is 76.1 cm³/mol. The molecule has 0 aliphatic carbocycles. The number of rotatable bonds is 6. The van der Waals surface area contributed by atoms with E-state index in [0.717, 1.165) is 23.3 Å². The quantitative estimate of drug-likeness (QED) is 0.567. The lowest BCUT2D eigenvalue weighted by Crippen LogP contribution is -2.07. The summed E-state index contributed by atoms with van der Waals surface area (Å²) in [5.41, 5.74) is 2.70. The van der Waals surface area contributed by atoms with E-state index in [4.69, 9.17) is 16.3 Å². The molecule has 0 saturated carbocycles. The second kappa shape index (κ2) is 6.79. The maximum Gasteiger partial charge on any atom is 0.177 e. The van der Waals surface area contributed by atoms with Crippen LogP contribution in [-0.2, 0) is 0 Å². The minimum Gasteiger partial charge on any atom is -0.493 e. The number of alkyl halides is 1. The van der Waals surface area contributed by atoms with Gasteiger partial charge in [0.1, 0.15) is 5.75 Å². The van der Waals surface area contributed by atoms with Crippen molar-refractivity contribution in [3.8, 4) is 5.75 Å². The molecule has 1 aromatic carbocycles. The maximum atomic E-state index is 11.8. The van der Waals surface area contributed by atoms with Crippen molar-refractivity contribution in [2.24, 2.45) is 0 Å². The van der Waals surface area contributed by atoms with Crippen molar-refractivity contribution in [2.45, 2.75) is 40.0 Å². The fourth-order valence-corrected chi connectivity index (χ4v) is 2.00. The lowest BCUT2D eigenvalue weighted by Gasteiger charge is -2.16. The van der Waals surface area contributed by atoms with E-state index in [1.807, 2.05) is 19.1 Å². The molecule has 0 saturated heterocycles. The Bertz CT molecular complexity index is 425. The summed E-state index contributed by atoms with van der Waals surface area (Å²) in [6, 6.07) is 3.88. The number of ketones is 1. The van der Waals surface area contributed by atoms with Gasteiger partial charge in [0.25, 0.3) is 0 Å². The highest BCUT2D eigenvalue weighted by Crippen LogP contribution is 2.30. The monoisotopic (exact) mass is 268 g/mol. The van der Waals surface area contributed by atoms with Crippen molar-refractivity contribution in [1.82, 2.24) is 0 Å². The number of hydrogen-bond donors (Lipinski definition) is 0. The first-order valence-corrected chi connectivity index (χ1v) is 6.91. The number of ether oxygens (including phenoxy) is 1. The molecule has 1 aromatic rings. The molecule has 0 N–H and O–H groups in total. The summed E-state index contributed by atoms with van der Waals surface area (Å²) in [7, 11) is 0. The first-order valence-electron chi connectivity index (χ1n) is 6.37. The normalized spacial score (nSPS) is 10.8. The second-order valence-electron chi connectivity index (χ2n) is 4.76. The molecular weight excluding hydrogens is 248 g/mol. The lowest BCUT2D eigenvalue weighted by atomic mass is 9.95. The number of benzene rings is 1. The second-order valence-corrected chi connectivity index (χ2v) is 5.03. The molecule has 0 heterocycles. The molecule has 0 aliphatic heterocycles. The summed E-state index contributed by atoms with van der Waals surface area (Å²) in [5.74, 6) is 1.20. The molecule has 18 heavy (non-hydrogen) atoms. The van der Waals surface area contributed by atoms with Gasteiger partial charge < -0.3 is 4.74 Å². The average Bonchev–Trinajstić information content (AvgIpc) is 2.34. The van der Waals surface area contributed by atoms with Crippen LogP contribution in [0.25, 0.3) is 0 Å². The van der Waals surface area contributed by atoms with Gasteiger partial charge >= 0.3 is 0 Å². The third-order valence-corrected chi connectivity index (χ3v) is 3.11. The van der Waals surface area contributed by atoms with E-state index in [-0.39, 0.29) is 11.7 Å². The molecule has 0 atom stereocenters. The lowest BCUT2D eigenvalue weighted by molar-refractivity contribution is 0.102. The zero-order chi connectivity index (χ0) is 13.7. The fraction of sp³-hybridized carbons (Fsp3) is 0.533. The zero-order valence-corrected chi connectivity index (χ0v) is 12.3. The van der Waals surface area contributed by atoms with Crippen molar-refractivity contribution >= 4 is 17.4 Å². The number of hydrogen-bond acceptors (Lipinski definition) is 2. The van der Waals surface area contributed by atoms with Gasteiger partial charge in [0.15, 0.2) is 5.78 Å². The largest absolute Gasteiger partial charge is 0.493 e. The number of carbonyl (C=O) groups excluding carboxylic acids is 1. The SMILES string of the molecule is CCCOc1cc(C)c(C(=O)CCl)cc1C(C)C. The molecule has 0 spiro atoms. The molecule has 0 fully saturated rings. The summed E-state index contributed by atoms with van der Waals surface area (Å²) in [6.45, 7) is 8.88. The van der Waals surface area contributed by atoms with Crippen LogP contribution in [-0.4, -0.2) is 18.3 Å². The zero-order valence-electron chi connectivity index (χ0n) is 11.5. The van der Waals surface area contributed by atoms with Gasteiger partial charge in [-0.1, -0.05) is 20.8 Å². The first-order chi connectivity index (χ1) is 8.51. The van der Waals surface area contributed by atoms with Gasteiger partial charge in [-0.15, -0.1) is 11.6 Å².